The van der Waals surface area contributed by atoms with Crippen molar-refractivity contribution in [3.8, 4) is 23.0 Å². The molecule has 0 saturated carbocycles. The first-order valence-corrected chi connectivity index (χ1v) is 16.2. The monoisotopic (exact) mass is 641 g/mol. The first kappa shape index (κ1) is 35.0. The number of hydrogen-bond acceptors (Lipinski definition) is 8. The van der Waals surface area contributed by atoms with Gasteiger partial charge in [-0.3, -0.25) is 13.9 Å². The Balaban J connectivity index is 2.07. The molecular weight excluding hydrogens is 598 g/mol. The molecule has 3 aromatic rings. The summed E-state index contributed by atoms with van der Waals surface area (Å²) in [7, 11) is 0.0776. The molecule has 0 saturated heterocycles. The van der Waals surface area contributed by atoms with E-state index in [2.05, 4.69) is 5.32 Å². The zero-order valence-electron chi connectivity index (χ0n) is 26.7. The predicted octanol–water partition coefficient (Wildman–Crippen LogP) is 4.64. The van der Waals surface area contributed by atoms with Crippen molar-refractivity contribution in [2.24, 2.45) is 0 Å². The molecule has 3 aromatic carbocycles. The average Bonchev–Trinajstić information content (AvgIpc) is 3.05. The van der Waals surface area contributed by atoms with Crippen LogP contribution >= 0.6 is 0 Å². The molecule has 0 heterocycles. The first-order chi connectivity index (χ1) is 21.6. The Labute approximate surface area is 266 Å². The molecule has 0 spiro atoms. The zero-order valence-corrected chi connectivity index (χ0v) is 27.6. The van der Waals surface area contributed by atoms with E-state index in [0.717, 1.165) is 17.1 Å². The van der Waals surface area contributed by atoms with Gasteiger partial charge in [0.15, 0.2) is 11.5 Å². The lowest BCUT2D eigenvalue weighted by Crippen LogP contribution is -2.51. The fraction of sp³-hybridized carbons (Fsp3) is 0.394. The summed E-state index contributed by atoms with van der Waals surface area (Å²) in [4.78, 5) is 28.6. The Bertz CT molecular complexity index is 1530. The molecule has 11 nitrogen and oxygen atoms in total. The Kier molecular flexibility index (Phi) is 12.9. The quantitative estimate of drug-likeness (QED) is 0.212. The zero-order chi connectivity index (χ0) is 33.0. The lowest BCUT2D eigenvalue weighted by Gasteiger charge is -2.32. The third-order valence-corrected chi connectivity index (χ3v) is 8.91. The number of methoxy groups -OCH3 is 3. The maximum Gasteiger partial charge on any atom is 0.264 e. The van der Waals surface area contributed by atoms with Gasteiger partial charge in [0.25, 0.3) is 10.0 Å². The normalized spacial score (nSPS) is 11.7. The van der Waals surface area contributed by atoms with Crippen molar-refractivity contribution >= 4 is 27.5 Å². The topological polar surface area (TPSA) is 124 Å². The number of sulfonamides is 1. The highest BCUT2D eigenvalue weighted by Gasteiger charge is 2.33. The highest BCUT2D eigenvalue weighted by Crippen LogP contribution is 2.33. The second kappa shape index (κ2) is 16.6. The van der Waals surface area contributed by atoms with Crippen molar-refractivity contribution < 1.29 is 37.0 Å². The van der Waals surface area contributed by atoms with Crippen molar-refractivity contribution in [1.82, 2.24) is 10.2 Å². The molecule has 0 radical (unpaired) electrons. The summed E-state index contributed by atoms with van der Waals surface area (Å²) in [6.07, 6.45) is 1.68. The smallest absolute Gasteiger partial charge is 0.264 e. The van der Waals surface area contributed by atoms with Gasteiger partial charge in [0.1, 0.15) is 24.1 Å². The number of hydrogen-bond donors (Lipinski definition) is 1. The molecule has 12 heteroatoms. The average molecular weight is 642 g/mol. The summed E-state index contributed by atoms with van der Waals surface area (Å²) in [5, 5.41) is 2.88. The van der Waals surface area contributed by atoms with Crippen molar-refractivity contribution in [3.05, 3.63) is 72.3 Å². The van der Waals surface area contributed by atoms with E-state index in [1.165, 1.54) is 37.3 Å². The second-order valence-corrected chi connectivity index (χ2v) is 12.0. The van der Waals surface area contributed by atoms with Crippen LogP contribution in [0.5, 0.6) is 23.0 Å². The molecule has 1 N–H and O–H groups in total. The minimum absolute atomic E-state index is 0.0475. The van der Waals surface area contributed by atoms with Gasteiger partial charge in [0.2, 0.25) is 11.8 Å². The number of benzene rings is 3. The largest absolute Gasteiger partial charge is 0.497 e. The van der Waals surface area contributed by atoms with Gasteiger partial charge >= 0.3 is 0 Å². The SMILES string of the molecule is CCCCNC(=O)[C@H](C)N(Cc1cccc(OC)c1)C(=O)CN(c1ccc(OCC)cc1)S(=O)(=O)c1ccc(OC)c(OC)c1. The third kappa shape index (κ3) is 9.04. The lowest BCUT2D eigenvalue weighted by molar-refractivity contribution is -0.139. The van der Waals surface area contributed by atoms with Crippen LogP contribution in [0.4, 0.5) is 5.69 Å². The summed E-state index contributed by atoms with van der Waals surface area (Å²) in [5.74, 6) is 0.796. The highest BCUT2D eigenvalue weighted by molar-refractivity contribution is 7.92. The number of ether oxygens (including phenoxy) is 4. The van der Waals surface area contributed by atoms with Gasteiger partial charge in [-0.2, -0.15) is 0 Å². The van der Waals surface area contributed by atoms with Gasteiger partial charge in [0, 0.05) is 19.2 Å². The summed E-state index contributed by atoms with van der Waals surface area (Å²) in [6.45, 7) is 5.85. The molecule has 0 aromatic heterocycles. The number of unbranched alkanes of at least 4 members (excludes halogenated alkanes) is 1. The number of rotatable bonds is 17. The van der Waals surface area contributed by atoms with Gasteiger partial charge in [-0.05, 0) is 74.4 Å². The second-order valence-electron chi connectivity index (χ2n) is 10.1. The predicted molar refractivity (Wildman–Crippen MR) is 173 cm³/mol. The number of nitrogens with one attached hydrogen (secondary N) is 1. The van der Waals surface area contributed by atoms with E-state index in [-0.39, 0.29) is 28.8 Å². The maximum absolute atomic E-state index is 14.2. The standard InChI is InChI=1S/C33H43N3O8S/c1-7-9-19-34-33(38)24(3)35(22-25-11-10-12-28(20-25)41-4)32(37)23-36(26-13-15-27(16-14-26)44-8-2)45(39,40)29-17-18-30(42-5)31(21-29)43-6/h10-18,20-21,24H,7-9,19,22-23H2,1-6H3,(H,34,38)/t24-/m0/s1. The van der Waals surface area contributed by atoms with E-state index in [1.54, 1.807) is 56.5 Å². The number of carbonyl (C=O) groups excluding carboxylic acids is 2. The van der Waals surface area contributed by atoms with Gasteiger partial charge in [0.05, 0.1) is 38.5 Å². The molecule has 3 rings (SSSR count). The molecule has 1 atom stereocenters. The van der Waals surface area contributed by atoms with Crippen LogP contribution in [0.15, 0.2) is 71.6 Å². The van der Waals surface area contributed by atoms with Gasteiger partial charge in [-0.15, -0.1) is 0 Å². The van der Waals surface area contributed by atoms with Gasteiger partial charge < -0.3 is 29.2 Å². The Morgan fingerprint density at radius 2 is 1.58 bits per heavy atom. The number of amides is 2. The van der Waals surface area contributed by atoms with Crippen LogP contribution < -0.4 is 28.6 Å². The molecular formula is C33H43N3O8S. The molecule has 244 valence electrons. The fourth-order valence-electron chi connectivity index (χ4n) is 4.59. The van der Waals surface area contributed by atoms with Crippen LogP contribution in [-0.4, -0.2) is 72.2 Å². The third-order valence-electron chi connectivity index (χ3n) is 7.14. The summed E-state index contributed by atoms with van der Waals surface area (Å²) in [6, 6.07) is 16.9. The molecule has 0 aliphatic rings. The van der Waals surface area contributed by atoms with E-state index >= 15 is 0 Å². The van der Waals surface area contributed by atoms with E-state index in [1.807, 2.05) is 19.9 Å². The van der Waals surface area contributed by atoms with E-state index < -0.39 is 28.5 Å². The van der Waals surface area contributed by atoms with E-state index in [9.17, 15) is 18.0 Å². The first-order valence-electron chi connectivity index (χ1n) is 14.8. The molecule has 0 unspecified atom stereocenters. The number of carbonyl (C=O) groups is 2. The van der Waals surface area contributed by atoms with Crippen LogP contribution in [0.1, 0.15) is 39.2 Å². The van der Waals surface area contributed by atoms with Crippen molar-refractivity contribution in [1.29, 1.82) is 0 Å². The Morgan fingerprint density at radius 3 is 2.20 bits per heavy atom. The number of nitrogens with zero attached hydrogens (tertiary/aromatic N) is 2. The Morgan fingerprint density at radius 1 is 0.867 bits per heavy atom. The molecule has 2 amide bonds. The van der Waals surface area contributed by atoms with Crippen LogP contribution in [0.25, 0.3) is 0 Å². The molecule has 0 bridgehead atoms. The van der Waals surface area contributed by atoms with Crippen LogP contribution in [0, 0.1) is 0 Å². The minimum Gasteiger partial charge on any atom is -0.497 e. The van der Waals surface area contributed by atoms with Crippen molar-refractivity contribution in [2.75, 3.05) is 45.3 Å². The lowest BCUT2D eigenvalue weighted by atomic mass is 10.1. The molecule has 45 heavy (non-hydrogen) atoms. The summed E-state index contributed by atoms with van der Waals surface area (Å²) < 4.78 is 51.0. The van der Waals surface area contributed by atoms with Crippen molar-refractivity contribution in [3.63, 3.8) is 0 Å². The van der Waals surface area contributed by atoms with Crippen molar-refractivity contribution in [2.45, 2.75) is 51.1 Å². The van der Waals surface area contributed by atoms with Crippen LogP contribution in [0.2, 0.25) is 0 Å². The highest BCUT2D eigenvalue weighted by atomic mass is 32.2. The van der Waals surface area contributed by atoms with E-state index in [4.69, 9.17) is 18.9 Å². The summed E-state index contributed by atoms with van der Waals surface area (Å²) >= 11 is 0. The molecule has 0 aliphatic carbocycles. The Hall–Kier alpha value is -4.45. The van der Waals surface area contributed by atoms with E-state index in [0.29, 0.717) is 36.0 Å². The fourth-order valence-corrected chi connectivity index (χ4v) is 6.02. The van der Waals surface area contributed by atoms with Gasteiger partial charge in [-0.1, -0.05) is 25.5 Å². The molecule has 0 aliphatic heterocycles. The maximum atomic E-state index is 14.2. The minimum atomic E-state index is -4.32. The van der Waals surface area contributed by atoms with Crippen LogP contribution in [-0.2, 0) is 26.2 Å². The number of anilines is 1. The molecule has 0 fully saturated rings. The van der Waals surface area contributed by atoms with Crippen LogP contribution in [0.3, 0.4) is 0 Å². The van der Waals surface area contributed by atoms with Gasteiger partial charge in [-0.25, -0.2) is 8.42 Å². The summed E-state index contributed by atoms with van der Waals surface area (Å²) in [5.41, 5.74) is 0.953.